The van der Waals surface area contributed by atoms with Crippen LogP contribution in [0.15, 0.2) is 41.3 Å². The van der Waals surface area contributed by atoms with E-state index in [2.05, 4.69) is 15.0 Å². The van der Waals surface area contributed by atoms with Crippen LogP contribution in [0.2, 0.25) is 0 Å². The molecule has 23 heavy (non-hydrogen) atoms. The second-order valence-corrected chi connectivity index (χ2v) is 6.75. The molecule has 4 rings (SSSR count). The third kappa shape index (κ3) is 3.10. The van der Waals surface area contributed by atoms with Gasteiger partial charge in [-0.1, -0.05) is 23.5 Å². The van der Waals surface area contributed by atoms with Gasteiger partial charge in [-0.25, -0.2) is 9.37 Å². The van der Waals surface area contributed by atoms with Gasteiger partial charge in [-0.15, -0.1) is 5.10 Å². The maximum absolute atomic E-state index is 13.1. The second-order valence-electron chi connectivity index (χ2n) is 5.81. The van der Waals surface area contributed by atoms with Gasteiger partial charge in [-0.2, -0.15) is 4.52 Å². The van der Waals surface area contributed by atoms with Gasteiger partial charge in [0.1, 0.15) is 5.82 Å². The third-order valence-electron chi connectivity index (χ3n) is 3.89. The summed E-state index contributed by atoms with van der Waals surface area (Å²) in [4.78, 5) is 18.8. The van der Waals surface area contributed by atoms with E-state index in [0.29, 0.717) is 17.4 Å². The van der Waals surface area contributed by atoms with Crippen LogP contribution >= 0.6 is 11.3 Å². The minimum Gasteiger partial charge on any atom is -0.342 e. The normalized spacial score (nSPS) is 14.3. The highest BCUT2D eigenvalue weighted by Crippen LogP contribution is 2.33. The molecule has 0 bridgehead atoms. The minimum absolute atomic E-state index is 0.175. The summed E-state index contributed by atoms with van der Waals surface area (Å²) >= 11 is 1.40. The highest BCUT2D eigenvalue weighted by molar-refractivity contribution is 7.20. The van der Waals surface area contributed by atoms with Gasteiger partial charge in [-0.3, -0.25) is 4.79 Å². The van der Waals surface area contributed by atoms with E-state index in [4.69, 9.17) is 0 Å². The monoisotopic (exact) mass is 330 g/mol. The Morgan fingerprint density at radius 1 is 1.26 bits per heavy atom. The lowest BCUT2D eigenvalue weighted by molar-refractivity contribution is 0.626. The first-order chi connectivity index (χ1) is 11.2. The fraction of sp³-hybridized carbons (Fsp3) is 0.312. The molecule has 2 heterocycles. The van der Waals surface area contributed by atoms with Crippen molar-refractivity contribution in [2.45, 2.75) is 19.4 Å². The van der Waals surface area contributed by atoms with Crippen molar-refractivity contribution in [1.82, 2.24) is 14.6 Å². The molecule has 118 valence electrons. The lowest BCUT2D eigenvalue weighted by Gasteiger charge is -2.21. The number of halogens is 1. The third-order valence-corrected chi connectivity index (χ3v) is 4.88. The molecule has 0 saturated heterocycles. The lowest BCUT2D eigenvalue weighted by atomic mass is 10.2. The summed E-state index contributed by atoms with van der Waals surface area (Å²) in [5.74, 6) is 0.436. The van der Waals surface area contributed by atoms with Crippen LogP contribution < -0.4 is 10.5 Å². The highest BCUT2D eigenvalue weighted by atomic mass is 32.1. The Morgan fingerprint density at radius 2 is 2.04 bits per heavy atom. The van der Waals surface area contributed by atoms with E-state index in [-0.39, 0.29) is 11.4 Å². The van der Waals surface area contributed by atoms with Crippen molar-refractivity contribution in [3.8, 4) is 0 Å². The summed E-state index contributed by atoms with van der Waals surface area (Å²) in [6, 6.07) is 7.91. The largest absolute Gasteiger partial charge is 0.342 e. The molecule has 1 aromatic carbocycles. The number of anilines is 1. The van der Waals surface area contributed by atoms with Crippen molar-refractivity contribution < 1.29 is 4.39 Å². The van der Waals surface area contributed by atoms with Crippen LogP contribution in [-0.4, -0.2) is 21.1 Å². The van der Waals surface area contributed by atoms with Crippen molar-refractivity contribution >= 4 is 21.4 Å². The molecular weight excluding hydrogens is 315 g/mol. The molecule has 1 aliphatic carbocycles. The number of hydrogen-bond acceptors (Lipinski definition) is 5. The molecule has 0 spiro atoms. The first-order valence-corrected chi connectivity index (χ1v) is 8.35. The summed E-state index contributed by atoms with van der Waals surface area (Å²) in [7, 11) is 0. The van der Waals surface area contributed by atoms with Crippen molar-refractivity contribution in [2.24, 2.45) is 5.92 Å². The number of hydrogen-bond donors (Lipinski definition) is 0. The molecule has 1 aliphatic rings. The van der Waals surface area contributed by atoms with Gasteiger partial charge in [0.05, 0.1) is 0 Å². The molecule has 0 unspecified atom stereocenters. The molecule has 2 aromatic heterocycles. The Kier molecular flexibility index (Phi) is 3.57. The second kappa shape index (κ2) is 5.73. The Hall–Kier alpha value is -2.28. The van der Waals surface area contributed by atoms with Crippen LogP contribution in [0.5, 0.6) is 0 Å². The topological polar surface area (TPSA) is 50.5 Å². The van der Waals surface area contributed by atoms with Crippen LogP contribution in [0.1, 0.15) is 18.4 Å². The number of benzene rings is 1. The van der Waals surface area contributed by atoms with Gasteiger partial charge >= 0.3 is 0 Å². The summed E-state index contributed by atoms with van der Waals surface area (Å²) in [5.41, 5.74) is 0.845. The van der Waals surface area contributed by atoms with Gasteiger partial charge < -0.3 is 4.90 Å². The zero-order chi connectivity index (χ0) is 15.8. The molecule has 0 N–H and O–H groups in total. The Morgan fingerprint density at radius 3 is 2.74 bits per heavy atom. The van der Waals surface area contributed by atoms with E-state index >= 15 is 0 Å². The van der Waals surface area contributed by atoms with Gasteiger partial charge in [0.15, 0.2) is 0 Å². The molecule has 0 radical (unpaired) electrons. The molecule has 1 saturated carbocycles. The van der Waals surface area contributed by atoms with E-state index in [9.17, 15) is 9.18 Å². The van der Waals surface area contributed by atoms with Crippen LogP contribution in [0, 0.1) is 11.7 Å². The van der Waals surface area contributed by atoms with Gasteiger partial charge in [-0.05, 0) is 36.5 Å². The van der Waals surface area contributed by atoms with Crippen LogP contribution in [-0.2, 0) is 6.54 Å². The summed E-state index contributed by atoms with van der Waals surface area (Å²) in [6.45, 7) is 1.54. The van der Waals surface area contributed by atoms with E-state index in [1.165, 1.54) is 53.1 Å². The van der Waals surface area contributed by atoms with Crippen molar-refractivity contribution in [3.63, 3.8) is 0 Å². The molecule has 1 fully saturated rings. The quantitative estimate of drug-likeness (QED) is 0.722. The highest BCUT2D eigenvalue weighted by Gasteiger charge is 2.26. The van der Waals surface area contributed by atoms with Crippen molar-refractivity contribution in [2.75, 3.05) is 11.4 Å². The van der Waals surface area contributed by atoms with Gasteiger partial charge in [0.2, 0.25) is 10.1 Å². The van der Waals surface area contributed by atoms with Gasteiger partial charge in [0, 0.05) is 25.4 Å². The van der Waals surface area contributed by atoms with E-state index in [0.717, 1.165) is 17.2 Å². The molecule has 0 amide bonds. The standard InChI is InChI=1S/C16H15FN4OS/c17-13-5-3-12(4-6-13)10-20(9-11-1-2-11)16-19-21-14(22)7-8-18-15(21)23-16/h3-8,11H,1-2,9-10H2. The Bertz CT molecular complexity index is 885. The number of nitrogens with zero attached hydrogens (tertiary/aromatic N) is 4. The van der Waals surface area contributed by atoms with Crippen LogP contribution in [0.4, 0.5) is 9.52 Å². The lowest BCUT2D eigenvalue weighted by Crippen LogP contribution is -2.25. The van der Waals surface area contributed by atoms with Crippen molar-refractivity contribution in [1.29, 1.82) is 0 Å². The van der Waals surface area contributed by atoms with Crippen LogP contribution in [0.25, 0.3) is 4.96 Å². The fourth-order valence-electron chi connectivity index (χ4n) is 2.49. The van der Waals surface area contributed by atoms with E-state index < -0.39 is 0 Å². The van der Waals surface area contributed by atoms with Gasteiger partial charge in [0.25, 0.3) is 5.56 Å². The zero-order valence-corrected chi connectivity index (χ0v) is 13.2. The molecular formula is C16H15FN4OS. The SMILES string of the molecule is O=c1ccnc2sc(N(Cc3ccc(F)cc3)CC3CC3)nn12. The molecule has 7 heteroatoms. The van der Waals surface area contributed by atoms with Crippen molar-refractivity contribution in [3.05, 3.63) is 58.3 Å². The molecule has 3 aromatic rings. The maximum atomic E-state index is 13.1. The Labute approximate surface area is 136 Å². The smallest absolute Gasteiger partial charge is 0.275 e. The predicted molar refractivity (Wildman–Crippen MR) is 87.3 cm³/mol. The average Bonchev–Trinajstić information content (AvgIpc) is 3.24. The predicted octanol–water partition coefficient (Wildman–Crippen LogP) is 2.71. The van der Waals surface area contributed by atoms with E-state index in [1.807, 2.05) is 0 Å². The first kappa shape index (κ1) is 14.3. The molecule has 0 aliphatic heterocycles. The fourth-order valence-corrected chi connectivity index (χ4v) is 3.38. The molecule has 5 nitrogen and oxygen atoms in total. The number of rotatable bonds is 5. The van der Waals surface area contributed by atoms with E-state index in [1.54, 1.807) is 12.1 Å². The number of fused-ring (bicyclic) bond motifs is 1. The summed E-state index contributed by atoms with van der Waals surface area (Å²) in [6.07, 6.45) is 3.96. The zero-order valence-electron chi connectivity index (χ0n) is 12.4. The minimum atomic E-state index is -0.238. The maximum Gasteiger partial charge on any atom is 0.275 e. The number of aromatic nitrogens is 3. The molecule has 0 atom stereocenters. The van der Waals surface area contributed by atoms with Crippen LogP contribution in [0.3, 0.4) is 0 Å². The summed E-state index contributed by atoms with van der Waals surface area (Å²) in [5, 5.41) is 5.19. The Balaban J connectivity index is 1.67. The first-order valence-electron chi connectivity index (χ1n) is 7.53. The summed E-state index contributed by atoms with van der Waals surface area (Å²) < 4.78 is 14.4. The average molecular weight is 330 g/mol.